The maximum atomic E-state index is 8.52. The molecule has 0 fully saturated rings. The van der Waals surface area contributed by atoms with Crippen LogP contribution in [0, 0.1) is 18.3 Å². The van der Waals surface area contributed by atoms with Crippen molar-refractivity contribution in [3.63, 3.8) is 0 Å². The highest BCUT2D eigenvalue weighted by molar-refractivity contribution is 7.22. The standard InChI is InChI=1S/C19H17Cl2N5S/c1-12-9-13(5-8-23-7-2-6-22)3-4-16(12)25-26-19-24-17-10-14(20)15(21)11-18(17)27-19/h3-4,9-11,23H,2,5,7-8H2,1H3. The number of hydrogen-bond donors (Lipinski definition) is 1. The molecule has 0 radical (unpaired) electrons. The molecule has 0 aliphatic carbocycles. The summed E-state index contributed by atoms with van der Waals surface area (Å²) in [6, 6.07) is 11.8. The lowest BCUT2D eigenvalue weighted by atomic mass is 10.1. The monoisotopic (exact) mass is 417 g/mol. The average Bonchev–Trinajstić information content (AvgIpc) is 3.02. The van der Waals surface area contributed by atoms with Gasteiger partial charge in [0.25, 0.3) is 0 Å². The van der Waals surface area contributed by atoms with Crippen LogP contribution in [0.5, 0.6) is 0 Å². The minimum Gasteiger partial charge on any atom is -0.315 e. The van der Waals surface area contributed by atoms with Gasteiger partial charge < -0.3 is 5.32 Å². The summed E-state index contributed by atoms with van der Waals surface area (Å²) in [5, 5.41) is 21.9. The summed E-state index contributed by atoms with van der Waals surface area (Å²) in [7, 11) is 0. The topological polar surface area (TPSA) is 73.4 Å². The Bertz CT molecular complexity index is 984. The Balaban J connectivity index is 1.67. The first-order valence-corrected chi connectivity index (χ1v) is 9.98. The van der Waals surface area contributed by atoms with E-state index in [1.54, 1.807) is 12.1 Å². The lowest BCUT2D eigenvalue weighted by Gasteiger charge is -2.05. The van der Waals surface area contributed by atoms with Crippen LogP contribution < -0.4 is 5.32 Å². The van der Waals surface area contributed by atoms with Gasteiger partial charge in [-0.2, -0.15) is 5.26 Å². The van der Waals surface area contributed by atoms with Crippen LogP contribution in [-0.4, -0.2) is 18.1 Å². The van der Waals surface area contributed by atoms with Gasteiger partial charge in [-0.05, 0) is 49.2 Å². The number of benzene rings is 2. The number of hydrogen-bond acceptors (Lipinski definition) is 6. The van der Waals surface area contributed by atoms with Gasteiger partial charge in [-0.1, -0.05) is 46.7 Å². The number of halogens is 2. The molecule has 8 heteroatoms. The highest BCUT2D eigenvalue weighted by Gasteiger charge is 2.07. The van der Waals surface area contributed by atoms with Crippen molar-refractivity contribution in [3.8, 4) is 6.07 Å². The first-order chi connectivity index (χ1) is 13.1. The first kappa shape index (κ1) is 19.7. The van der Waals surface area contributed by atoms with Crippen molar-refractivity contribution in [2.24, 2.45) is 10.2 Å². The van der Waals surface area contributed by atoms with Crippen molar-refractivity contribution in [1.29, 1.82) is 5.26 Å². The number of nitrogens with zero attached hydrogens (tertiary/aromatic N) is 4. The smallest absolute Gasteiger partial charge is 0.231 e. The minimum absolute atomic E-state index is 0.478. The molecule has 0 spiro atoms. The van der Waals surface area contributed by atoms with Crippen LogP contribution >= 0.6 is 34.5 Å². The normalized spacial score (nSPS) is 11.3. The Morgan fingerprint density at radius 1 is 1.15 bits per heavy atom. The van der Waals surface area contributed by atoms with Crippen molar-refractivity contribution in [3.05, 3.63) is 51.5 Å². The molecule has 0 saturated carbocycles. The second-order valence-corrected chi connectivity index (χ2v) is 7.78. The highest BCUT2D eigenvalue weighted by Crippen LogP contribution is 2.35. The number of aryl methyl sites for hydroxylation is 1. The van der Waals surface area contributed by atoms with E-state index in [4.69, 9.17) is 28.5 Å². The molecule has 0 aliphatic rings. The van der Waals surface area contributed by atoms with Crippen LogP contribution in [-0.2, 0) is 6.42 Å². The largest absolute Gasteiger partial charge is 0.315 e. The number of aromatic nitrogens is 1. The van der Waals surface area contributed by atoms with Crippen molar-refractivity contribution < 1.29 is 0 Å². The molecule has 5 nitrogen and oxygen atoms in total. The van der Waals surface area contributed by atoms with Crippen molar-refractivity contribution in [2.45, 2.75) is 19.8 Å². The van der Waals surface area contributed by atoms with E-state index in [2.05, 4.69) is 32.7 Å². The summed E-state index contributed by atoms with van der Waals surface area (Å²) in [6.07, 6.45) is 1.44. The Hall–Kier alpha value is -2.04. The summed E-state index contributed by atoms with van der Waals surface area (Å²) in [5.74, 6) is 0. The van der Waals surface area contributed by atoms with Gasteiger partial charge >= 0.3 is 0 Å². The molecule has 138 valence electrons. The van der Waals surface area contributed by atoms with Crippen molar-refractivity contribution in [1.82, 2.24) is 10.3 Å². The van der Waals surface area contributed by atoms with Crippen LogP contribution in [0.15, 0.2) is 40.6 Å². The van der Waals surface area contributed by atoms with Crippen molar-refractivity contribution >= 4 is 55.6 Å². The molecular formula is C19H17Cl2N5S. The van der Waals surface area contributed by atoms with Gasteiger partial charge in [0, 0.05) is 13.0 Å². The molecule has 1 heterocycles. The summed E-state index contributed by atoms with van der Waals surface area (Å²) in [6.45, 7) is 3.58. The Labute approximate surface area is 171 Å². The first-order valence-electron chi connectivity index (χ1n) is 8.41. The Morgan fingerprint density at radius 2 is 1.96 bits per heavy atom. The maximum absolute atomic E-state index is 8.52. The molecule has 1 aromatic heterocycles. The average molecular weight is 418 g/mol. The summed E-state index contributed by atoms with van der Waals surface area (Å²) in [5.41, 5.74) is 3.85. The molecule has 1 N–H and O–H groups in total. The van der Waals surface area contributed by atoms with Crippen LogP contribution in [0.4, 0.5) is 10.8 Å². The molecule has 0 saturated heterocycles. The highest BCUT2D eigenvalue weighted by atomic mass is 35.5. The van der Waals surface area contributed by atoms with E-state index in [0.717, 1.165) is 41.0 Å². The van der Waals surface area contributed by atoms with E-state index < -0.39 is 0 Å². The number of azo groups is 1. The summed E-state index contributed by atoms with van der Waals surface area (Å²) >= 11 is 13.5. The zero-order chi connectivity index (χ0) is 19.2. The van der Waals surface area contributed by atoms with Gasteiger partial charge in [0.05, 0.1) is 32.0 Å². The molecular weight excluding hydrogens is 401 g/mol. The van der Waals surface area contributed by atoms with Crippen LogP contribution in [0.2, 0.25) is 10.0 Å². The van der Waals surface area contributed by atoms with E-state index in [0.29, 0.717) is 21.6 Å². The van der Waals surface area contributed by atoms with Crippen molar-refractivity contribution in [2.75, 3.05) is 13.1 Å². The molecule has 2 aromatic carbocycles. The third-order valence-electron chi connectivity index (χ3n) is 3.93. The number of nitriles is 1. The molecule has 3 rings (SSSR count). The van der Waals surface area contributed by atoms with Gasteiger partial charge in [-0.15, -0.1) is 10.2 Å². The van der Waals surface area contributed by atoms with Crippen LogP contribution in [0.25, 0.3) is 10.2 Å². The predicted octanol–water partition coefficient (Wildman–Crippen LogP) is 6.37. The number of fused-ring (bicyclic) bond motifs is 1. The fourth-order valence-corrected chi connectivity index (χ4v) is 3.73. The zero-order valence-corrected chi connectivity index (χ0v) is 17.0. The fraction of sp³-hybridized carbons (Fsp3) is 0.263. The van der Waals surface area contributed by atoms with Gasteiger partial charge in [0.15, 0.2) is 0 Å². The van der Waals surface area contributed by atoms with Crippen LogP contribution in [0.3, 0.4) is 0 Å². The van der Waals surface area contributed by atoms with Gasteiger partial charge in [-0.25, -0.2) is 4.98 Å². The molecule has 0 atom stereocenters. The summed E-state index contributed by atoms with van der Waals surface area (Å²) in [4.78, 5) is 4.43. The predicted molar refractivity (Wildman–Crippen MR) is 112 cm³/mol. The van der Waals surface area contributed by atoms with Gasteiger partial charge in [-0.3, -0.25) is 0 Å². The molecule has 0 aliphatic heterocycles. The molecule has 0 amide bonds. The van der Waals surface area contributed by atoms with Crippen LogP contribution in [0.1, 0.15) is 17.5 Å². The molecule has 0 bridgehead atoms. The minimum atomic E-state index is 0.478. The van der Waals surface area contributed by atoms with Gasteiger partial charge in [0.1, 0.15) is 0 Å². The second-order valence-electron chi connectivity index (χ2n) is 5.96. The Kier molecular flexibility index (Phi) is 6.75. The fourth-order valence-electron chi connectivity index (χ4n) is 2.54. The zero-order valence-electron chi connectivity index (χ0n) is 14.7. The van der Waals surface area contributed by atoms with E-state index in [1.807, 2.05) is 19.1 Å². The van der Waals surface area contributed by atoms with E-state index in [9.17, 15) is 0 Å². The Morgan fingerprint density at radius 3 is 2.74 bits per heavy atom. The lowest BCUT2D eigenvalue weighted by Crippen LogP contribution is -2.18. The second kappa shape index (κ2) is 9.25. The third-order valence-corrected chi connectivity index (χ3v) is 5.55. The SMILES string of the molecule is Cc1cc(CCNCCC#N)ccc1N=Nc1nc2cc(Cl)c(Cl)cc2s1. The third kappa shape index (κ3) is 5.24. The molecule has 3 aromatic rings. The maximum Gasteiger partial charge on any atom is 0.231 e. The number of nitrogens with one attached hydrogen (secondary N) is 1. The quantitative estimate of drug-likeness (QED) is 0.358. The molecule has 0 unspecified atom stereocenters. The van der Waals surface area contributed by atoms with E-state index in [-0.39, 0.29) is 0 Å². The van der Waals surface area contributed by atoms with Gasteiger partial charge in [0.2, 0.25) is 5.13 Å². The number of thiazole rings is 1. The van der Waals surface area contributed by atoms with E-state index in [1.165, 1.54) is 16.9 Å². The molecule has 27 heavy (non-hydrogen) atoms. The number of rotatable bonds is 7. The van der Waals surface area contributed by atoms with E-state index >= 15 is 0 Å². The lowest BCUT2D eigenvalue weighted by molar-refractivity contribution is 0.692. The summed E-state index contributed by atoms with van der Waals surface area (Å²) < 4.78 is 0.925.